The van der Waals surface area contributed by atoms with Gasteiger partial charge in [0.15, 0.2) is 0 Å². The fourth-order valence-electron chi connectivity index (χ4n) is 3.12. The minimum Gasteiger partial charge on any atom is -0.382 e. The summed E-state index contributed by atoms with van der Waals surface area (Å²) >= 11 is 0. The van der Waals surface area contributed by atoms with Gasteiger partial charge in [-0.25, -0.2) is 4.98 Å². The third-order valence-electron chi connectivity index (χ3n) is 4.07. The number of aryl methyl sites for hydroxylation is 1. The molecule has 0 unspecified atom stereocenters. The molecule has 0 saturated carbocycles. The number of rotatable bonds is 3. The Hall–Kier alpha value is -1.81. The molecule has 0 radical (unpaired) electrons. The number of anilines is 2. The molecule has 0 atom stereocenters. The molecule has 4 heteroatoms. The fraction of sp³-hybridized carbons (Fsp3) is 0.500. The van der Waals surface area contributed by atoms with Crippen LogP contribution in [-0.4, -0.2) is 37.2 Å². The molecule has 1 aromatic carbocycles. The Bertz CT molecular complexity index is 643. The van der Waals surface area contributed by atoms with Crippen molar-refractivity contribution in [3.63, 3.8) is 0 Å². The number of hydrogen-bond donors (Lipinski definition) is 2. The van der Waals surface area contributed by atoms with Crippen molar-refractivity contribution in [2.45, 2.75) is 33.2 Å². The fourth-order valence-corrected chi connectivity index (χ4v) is 3.12. The summed E-state index contributed by atoms with van der Waals surface area (Å²) in [5, 5.41) is 9.55. The van der Waals surface area contributed by atoms with E-state index >= 15 is 0 Å². The van der Waals surface area contributed by atoms with Gasteiger partial charge in [0.1, 0.15) is 5.82 Å². The molecule has 0 bridgehead atoms. The quantitative estimate of drug-likeness (QED) is 0.913. The van der Waals surface area contributed by atoms with Gasteiger partial charge < -0.3 is 15.5 Å². The van der Waals surface area contributed by atoms with Crippen molar-refractivity contribution in [1.82, 2.24) is 10.3 Å². The molecule has 22 heavy (non-hydrogen) atoms. The van der Waals surface area contributed by atoms with E-state index in [1.807, 2.05) is 0 Å². The zero-order valence-electron chi connectivity index (χ0n) is 13.8. The van der Waals surface area contributed by atoms with Crippen molar-refractivity contribution in [2.75, 3.05) is 36.4 Å². The molecule has 118 valence electrons. The first kappa shape index (κ1) is 15.1. The second-order valence-electron chi connectivity index (χ2n) is 6.38. The van der Waals surface area contributed by atoms with Crippen molar-refractivity contribution >= 4 is 22.3 Å². The molecule has 1 fully saturated rings. The van der Waals surface area contributed by atoms with E-state index in [1.54, 1.807) is 0 Å². The van der Waals surface area contributed by atoms with Gasteiger partial charge >= 0.3 is 0 Å². The lowest BCUT2D eigenvalue weighted by molar-refractivity contribution is 0.724. The van der Waals surface area contributed by atoms with Crippen LogP contribution in [0, 0.1) is 6.92 Å². The largest absolute Gasteiger partial charge is 0.382 e. The SMILES string of the molecule is Cc1cc2c(NC(C)C)cccc2c(N2CCCNCC2)n1. The summed E-state index contributed by atoms with van der Waals surface area (Å²) in [6.45, 7) is 10.7. The van der Waals surface area contributed by atoms with Crippen LogP contribution in [0.15, 0.2) is 24.3 Å². The van der Waals surface area contributed by atoms with Crippen LogP contribution in [-0.2, 0) is 0 Å². The standard InChI is InChI=1S/C18H26N4/c1-13(2)20-17-7-4-6-15-16(17)12-14(3)21-18(15)22-10-5-8-19-9-11-22/h4,6-7,12-13,19-20H,5,8-11H2,1-3H3. The summed E-state index contributed by atoms with van der Waals surface area (Å²) in [4.78, 5) is 7.28. The van der Waals surface area contributed by atoms with Gasteiger partial charge in [-0.2, -0.15) is 0 Å². The van der Waals surface area contributed by atoms with Crippen LogP contribution < -0.4 is 15.5 Å². The van der Waals surface area contributed by atoms with E-state index in [1.165, 1.54) is 22.9 Å². The summed E-state index contributed by atoms with van der Waals surface area (Å²) < 4.78 is 0. The molecule has 0 spiro atoms. The highest BCUT2D eigenvalue weighted by atomic mass is 15.2. The van der Waals surface area contributed by atoms with E-state index in [2.05, 4.69) is 60.6 Å². The Balaban J connectivity index is 2.09. The number of hydrogen-bond acceptors (Lipinski definition) is 4. The number of fused-ring (bicyclic) bond motifs is 1. The number of aromatic nitrogens is 1. The first-order valence-electron chi connectivity index (χ1n) is 8.28. The van der Waals surface area contributed by atoms with Crippen LogP contribution in [0.1, 0.15) is 26.0 Å². The van der Waals surface area contributed by atoms with Crippen molar-refractivity contribution in [3.05, 3.63) is 30.0 Å². The molecule has 1 aliphatic rings. The van der Waals surface area contributed by atoms with Crippen molar-refractivity contribution in [2.24, 2.45) is 0 Å². The van der Waals surface area contributed by atoms with Crippen LogP contribution in [0.25, 0.3) is 10.8 Å². The van der Waals surface area contributed by atoms with Gasteiger partial charge in [-0.1, -0.05) is 12.1 Å². The minimum absolute atomic E-state index is 0.421. The highest BCUT2D eigenvalue weighted by Gasteiger charge is 2.16. The van der Waals surface area contributed by atoms with E-state index < -0.39 is 0 Å². The third-order valence-corrected chi connectivity index (χ3v) is 4.07. The molecule has 1 saturated heterocycles. The van der Waals surface area contributed by atoms with Gasteiger partial charge in [-0.3, -0.25) is 0 Å². The molecule has 2 heterocycles. The molecule has 2 aromatic rings. The first-order valence-corrected chi connectivity index (χ1v) is 8.28. The van der Waals surface area contributed by atoms with E-state index in [0.717, 1.165) is 37.7 Å². The topological polar surface area (TPSA) is 40.2 Å². The van der Waals surface area contributed by atoms with Gasteiger partial charge in [0.25, 0.3) is 0 Å². The lowest BCUT2D eigenvalue weighted by atomic mass is 10.1. The number of nitrogens with zero attached hydrogens (tertiary/aromatic N) is 2. The first-order chi connectivity index (χ1) is 10.6. The van der Waals surface area contributed by atoms with Crippen LogP contribution in [0.3, 0.4) is 0 Å². The van der Waals surface area contributed by atoms with Crippen molar-refractivity contribution < 1.29 is 0 Å². The Labute approximate surface area is 132 Å². The van der Waals surface area contributed by atoms with Crippen molar-refractivity contribution in [1.29, 1.82) is 0 Å². The molecular weight excluding hydrogens is 272 g/mol. The Morgan fingerprint density at radius 3 is 2.86 bits per heavy atom. The molecular formula is C18H26N4. The zero-order valence-corrected chi connectivity index (χ0v) is 13.8. The zero-order chi connectivity index (χ0) is 15.5. The molecule has 4 nitrogen and oxygen atoms in total. The third kappa shape index (κ3) is 3.17. The maximum atomic E-state index is 4.86. The molecule has 1 aromatic heterocycles. The number of nitrogens with one attached hydrogen (secondary N) is 2. The van der Waals surface area contributed by atoms with Gasteiger partial charge in [-0.15, -0.1) is 0 Å². The lowest BCUT2D eigenvalue weighted by Gasteiger charge is -2.24. The average Bonchev–Trinajstić information content (AvgIpc) is 2.75. The Morgan fingerprint density at radius 1 is 1.18 bits per heavy atom. The number of benzene rings is 1. The smallest absolute Gasteiger partial charge is 0.136 e. The van der Waals surface area contributed by atoms with Gasteiger partial charge in [0.05, 0.1) is 0 Å². The normalized spacial score (nSPS) is 16.1. The summed E-state index contributed by atoms with van der Waals surface area (Å²) in [6.07, 6.45) is 1.17. The van der Waals surface area contributed by atoms with Crippen LogP contribution >= 0.6 is 0 Å². The molecule has 1 aliphatic heterocycles. The Kier molecular flexibility index (Phi) is 4.48. The van der Waals surface area contributed by atoms with Crippen LogP contribution in [0.4, 0.5) is 11.5 Å². The maximum absolute atomic E-state index is 4.86. The lowest BCUT2D eigenvalue weighted by Crippen LogP contribution is -2.29. The summed E-state index contributed by atoms with van der Waals surface area (Å²) in [5.41, 5.74) is 2.28. The minimum atomic E-state index is 0.421. The summed E-state index contributed by atoms with van der Waals surface area (Å²) in [5.74, 6) is 1.13. The van der Waals surface area contributed by atoms with E-state index in [4.69, 9.17) is 4.98 Å². The average molecular weight is 298 g/mol. The highest BCUT2D eigenvalue weighted by molar-refractivity contribution is 6.00. The predicted octanol–water partition coefficient (Wildman–Crippen LogP) is 3.16. The Morgan fingerprint density at radius 2 is 2.05 bits per heavy atom. The van der Waals surface area contributed by atoms with Gasteiger partial charge in [0, 0.05) is 47.8 Å². The second kappa shape index (κ2) is 6.53. The van der Waals surface area contributed by atoms with Gasteiger partial charge in [0.2, 0.25) is 0 Å². The molecule has 2 N–H and O–H groups in total. The maximum Gasteiger partial charge on any atom is 0.136 e. The van der Waals surface area contributed by atoms with Gasteiger partial charge in [-0.05, 0) is 45.9 Å². The van der Waals surface area contributed by atoms with Crippen LogP contribution in [0.2, 0.25) is 0 Å². The molecule has 0 aliphatic carbocycles. The monoisotopic (exact) mass is 298 g/mol. The summed E-state index contributed by atoms with van der Waals surface area (Å²) in [7, 11) is 0. The highest BCUT2D eigenvalue weighted by Crippen LogP contribution is 2.31. The van der Waals surface area contributed by atoms with E-state index in [-0.39, 0.29) is 0 Å². The van der Waals surface area contributed by atoms with E-state index in [9.17, 15) is 0 Å². The van der Waals surface area contributed by atoms with E-state index in [0.29, 0.717) is 6.04 Å². The molecule has 3 rings (SSSR count). The van der Waals surface area contributed by atoms with Crippen molar-refractivity contribution in [3.8, 4) is 0 Å². The number of pyridine rings is 1. The van der Waals surface area contributed by atoms with Crippen LogP contribution in [0.5, 0.6) is 0 Å². The second-order valence-corrected chi connectivity index (χ2v) is 6.38. The predicted molar refractivity (Wildman–Crippen MR) is 94.9 cm³/mol. The summed E-state index contributed by atoms with van der Waals surface area (Å²) in [6, 6.07) is 9.10. The molecule has 0 amide bonds.